The maximum Gasteiger partial charge on any atom is 0.269 e. The van der Waals surface area contributed by atoms with Gasteiger partial charge in [0.05, 0.1) is 11.5 Å². The number of alkyl halides is 2. The fourth-order valence-corrected chi connectivity index (χ4v) is 2.00. The number of nitro groups is 1. The standard InChI is InChI=1S/C11H10F2N2O3/c12-10(13)6-14-9-3-2-8(15(17)18)5-7(9)1-4-11(14)16/h2-3,5,10H,1,4,6H2. The predicted molar refractivity (Wildman–Crippen MR) is 59.8 cm³/mol. The minimum atomic E-state index is -2.63. The smallest absolute Gasteiger partial charge is 0.269 e. The lowest BCUT2D eigenvalue weighted by molar-refractivity contribution is -0.384. The Bertz CT molecular complexity index is 505. The maximum atomic E-state index is 12.4. The van der Waals surface area contributed by atoms with Crippen molar-refractivity contribution in [1.29, 1.82) is 0 Å². The fourth-order valence-electron chi connectivity index (χ4n) is 2.00. The number of carbonyl (C=O) groups excluding carboxylic acids is 1. The minimum Gasteiger partial charge on any atom is -0.306 e. The summed E-state index contributed by atoms with van der Waals surface area (Å²) in [6.07, 6.45) is -2.19. The Hall–Kier alpha value is -2.05. The van der Waals surface area contributed by atoms with Crippen LogP contribution >= 0.6 is 0 Å². The molecule has 1 amide bonds. The van der Waals surface area contributed by atoms with Crippen LogP contribution in [0.3, 0.4) is 0 Å². The lowest BCUT2D eigenvalue weighted by Crippen LogP contribution is -2.38. The summed E-state index contributed by atoms with van der Waals surface area (Å²) in [7, 11) is 0. The zero-order valence-electron chi connectivity index (χ0n) is 9.31. The van der Waals surface area contributed by atoms with E-state index in [1.165, 1.54) is 18.2 Å². The zero-order valence-corrected chi connectivity index (χ0v) is 9.31. The van der Waals surface area contributed by atoms with Crippen molar-refractivity contribution in [2.45, 2.75) is 19.3 Å². The molecule has 0 saturated carbocycles. The van der Waals surface area contributed by atoms with E-state index >= 15 is 0 Å². The molecule has 0 radical (unpaired) electrons. The Labute approximate surface area is 101 Å². The van der Waals surface area contributed by atoms with Gasteiger partial charge in [0, 0.05) is 24.2 Å². The van der Waals surface area contributed by atoms with Gasteiger partial charge in [0.15, 0.2) is 0 Å². The van der Waals surface area contributed by atoms with Crippen LogP contribution in [0.4, 0.5) is 20.2 Å². The Morgan fingerprint density at radius 1 is 1.39 bits per heavy atom. The number of amides is 1. The lowest BCUT2D eigenvalue weighted by atomic mass is 10.0. The third kappa shape index (κ3) is 2.29. The van der Waals surface area contributed by atoms with Crippen molar-refractivity contribution in [1.82, 2.24) is 0 Å². The van der Waals surface area contributed by atoms with Gasteiger partial charge in [-0.3, -0.25) is 14.9 Å². The highest BCUT2D eigenvalue weighted by atomic mass is 19.3. The van der Waals surface area contributed by atoms with Crippen LogP contribution in [0.25, 0.3) is 0 Å². The number of nitrogens with zero attached hydrogens (tertiary/aromatic N) is 2. The number of rotatable bonds is 3. The number of anilines is 1. The lowest BCUT2D eigenvalue weighted by Gasteiger charge is -2.28. The van der Waals surface area contributed by atoms with Crippen molar-refractivity contribution in [3.05, 3.63) is 33.9 Å². The molecule has 0 bridgehead atoms. The summed E-state index contributed by atoms with van der Waals surface area (Å²) in [5.74, 6) is -0.378. The molecule has 1 aromatic rings. The minimum absolute atomic E-state index is 0.0971. The summed E-state index contributed by atoms with van der Waals surface area (Å²) >= 11 is 0. The van der Waals surface area contributed by atoms with Gasteiger partial charge in [0.2, 0.25) is 5.91 Å². The monoisotopic (exact) mass is 256 g/mol. The number of aryl methyl sites for hydroxylation is 1. The first-order chi connectivity index (χ1) is 8.49. The molecular formula is C11H10F2N2O3. The van der Waals surface area contributed by atoms with Crippen molar-refractivity contribution in [3.8, 4) is 0 Å². The van der Waals surface area contributed by atoms with E-state index in [4.69, 9.17) is 0 Å². The summed E-state index contributed by atoms with van der Waals surface area (Å²) in [6.45, 7) is -0.677. The summed E-state index contributed by atoms with van der Waals surface area (Å²) in [5.41, 5.74) is 0.807. The molecule has 5 nitrogen and oxygen atoms in total. The molecule has 18 heavy (non-hydrogen) atoms. The second-order valence-electron chi connectivity index (χ2n) is 3.97. The summed E-state index contributed by atoms with van der Waals surface area (Å²) in [6, 6.07) is 3.91. The van der Waals surface area contributed by atoms with Crippen molar-refractivity contribution in [3.63, 3.8) is 0 Å². The van der Waals surface area contributed by atoms with Crippen LogP contribution in [-0.4, -0.2) is 23.8 Å². The fraction of sp³-hybridized carbons (Fsp3) is 0.364. The Kier molecular flexibility index (Phi) is 3.22. The number of hydrogen-bond acceptors (Lipinski definition) is 3. The average Bonchev–Trinajstić information content (AvgIpc) is 2.31. The van der Waals surface area contributed by atoms with Gasteiger partial charge in [-0.15, -0.1) is 0 Å². The number of halogens is 2. The summed E-state index contributed by atoms with van der Waals surface area (Å²) in [5, 5.41) is 10.6. The molecule has 0 aliphatic carbocycles. The molecular weight excluding hydrogens is 246 g/mol. The van der Waals surface area contributed by atoms with E-state index in [0.717, 1.165) is 4.90 Å². The van der Waals surface area contributed by atoms with Crippen molar-refractivity contribution in [2.75, 3.05) is 11.4 Å². The first-order valence-corrected chi connectivity index (χ1v) is 5.35. The maximum absolute atomic E-state index is 12.4. The van der Waals surface area contributed by atoms with E-state index in [9.17, 15) is 23.7 Å². The Morgan fingerprint density at radius 2 is 2.11 bits per heavy atom. The van der Waals surface area contributed by atoms with Gasteiger partial charge in [0.25, 0.3) is 12.1 Å². The normalized spacial score (nSPS) is 14.8. The third-order valence-electron chi connectivity index (χ3n) is 2.79. The molecule has 96 valence electrons. The first kappa shape index (κ1) is 12.4. The largest absolute Gasteiger partial charge is 0.306 e. The molecule has 2 rings (SSSR count). The molecule has 1 heterocycles. The van der Waals surface area contributed by atoms with Gasteiger partial charge in [0.1, 0.15) is 0 Å². The van der Waals surface area contributed by atoms with E-state index < -0.39 is 17.9 Å². The second-order valence-corrected chi connectivity index (χ2v) is 3.97. The number of nitro benzene ring substituents is 1. The summed E-state index contributed by atoms with van der Waals surface area (Å²) < 4.78 is 24.8. The predicted octanol–water partition coefficient (Wildman–Crippen LogP) is 2.14. The number of benzene rings is 1. The van der Waals surface area contributed by atoms with E-state index in [1.54, 1.807) is 0 Å². The van der Waals surface area contributed by atoms with Gasteiger partial charge in [-0.05, 0) is 18.1 Å². The van der Waals surface area contributed by atoms with Gasteiger partial charge in [-0.2, -0.15) is 0 Å². The van der Waals surface area contributed by atoms with E-state index in [0.29, 0.717) is 17.7 Å². The quantitative estimate of drug-likeness (QED) is 0.614. The molecule has 1 aromatic carbocycles. The van der Waals surface area contributed by atoms with Crippen LogP contribution in [0.2, 0.25) is 0 Å². The molecule has 0 atom stereocenters. The average molecular weight is 256 g/mol. The SMILES string of the molecule is O=C1CCc2cc([N+](=O)[O-])ccc2N1CC(F)F. The molecule has 7 heteroatoms. The highest BCUT2D eigenvalue weighted by Crippen LogP contribution is 2.31. The number of carbonyl (C=O) groups is 1. The van der Waals surface area contributed by atoms with Crippen LogP contribution in [-0.2, 0) is 11.2 Å². The van der Waals surface area contributed by atoms with Gasteiger partial charge < -0.3 is 4.90 Å². The Balaban J connectivity index is 2.38. The first-order valence-electron chi connectivity index (χ1n) is 5.35. The van der Waals surface area contributed by atoms with Crippen molar-refractivity contribution in [2.24, 2.45) is 0 Å². The van der Waals surface area contributed by atoms with Crippen LogP contribution in [0, 0.1) is 10.1 Å². The molecule has 0 saturated heterocycles. The summed E-state index contributed by atoms with van der Waals surface area (Å²) in [4.78, 5) is 22.6. The van der Waals surface area contributed by atoms with Gasteiger partial charge >= 0.3 is 0 Å². The van der Waals surface area contributed by atoms with Crippen molar-refractivity contribution < 1.29 is 18.5 Å². The molecule has 1 aliphatic rings. The highest BCUT2D eigenvalue weighted by Gasteiger charge is 2.27. The third-order valence-corrected chi connectivity index (χ3v) is 2.79. The van der Waals surface area contributed by atoms with Crippen molar-refractivity contribution >= 4 is 17.3 Å². The van der Waals surface area contributed by atoms with Crippen LogP contribution < -0.4 is 4.90 Å². The van der Waals surface area contributed by atoms with Crippen LogP contribution in [0.1, 0.15) is 12.0 Å². The Morgan fingerprint density at radius 3 is 2.72 bits per heavy atom. The van der Waals surface area contributed by atoms with E-state index in [1.807, 2.05) is 0 Å². The van der Waals surface area contributed by atoms with Gasteiger partial charge in [-0.25, -0.2) is 8.78 Å². The second kappa shape index (κ2) is 4.67. The van der Waals surface area contributed by atoms with Gasteiger partial charge in [-0.1, -0.05) is 0 Å². The molecule has 0 N–H and O–H groups in total. The molecule has 0 unspecified atom stereocenters. The van der Waals surface area contributed by atoms with Crippen LogP contribution in [0.5, 0.6) is 0 Å². The molecule has 0 fully saturated rings. The number of non-ortho nitro benzene ring substituents is 1. The number of hydrogen-bond donors (Lipinski definition) is 0. The molecule has 1 aliphatic heterocycles. The molecule has 0 spiro atoms. The molecule has 0 aromatic heterocycles. The zero-order chi connectivity index (χ0) is 13.3. The van der Waals surface area contributed by atoms with Crippen LogP contribution in [0.15, 0.2) is 18.2 Å². The number of fused-ring (bicyclic) bond motifs is 1. The van der Waals surface area contributed by atoms with E-state index in [-0.39, 0.29) is 18.0 Å². The topological polar surface area (TPSA) is 63.4 Å². The van der Waals surface area contributed by atoms with E-state index in [2.05, 4.69) is 0 Å². The highest BCUT2D eigenvalue weighted by molar-refractivity contribution is 5.96.